The fraction of sp³-hybridized carbons (Fsp3) is 0.531. The molecule has 0 atom stereocenters. The monoisotopic (exact) mass is 618 g/mol. The molecule has 0 aliphatic heterocycles. The summed E-state index contributed by atoms with van der Waals surface area (Å²) in [5.74, 6) is -0.358. The highest BCUT2D eigenvalue weighted by atomic mass is 79.9. The molecule has 0 aliphatic carbocycles. The van der Waals surface area contributed by atoms with Crippen LogP contribution < -0.4 is 10.2 Å². The van der Waals surface area contributed by atoms with Crippen molar-refractivity contribution in [3.8, 4) is 5.75 Å². The smallest absolute Gasteiger partial charge is 0.345 e. The van der Waals surface area contributed by atoms with Crippen LogP contribution in [-0.4, -0.2) is 18.1 Å². The van der Waals surface area contributed by atoms with Crippen molar-refractivity contribution in [1.82, 2.24) is 5.43 Å². The van der Waals surface area contributed by atoms with Gasteiger partial charge in [-0.1, -0.05) is 136 Å². The van der Waals surface area contributed by atoms with Crippen LogP contribution in [0.1, 0.15) is 126 Å². The van der Waals surface area contributed by atoms with Gasteiger partial charge in [-0.2, -0.15) is 5.10 Å². The Kier molecular flexibility index (Phi) is 17.5. The Labute approximate surface area is 248 Å². The lowest BCUT2D eigenvalue weighted by atomic mass is 10.0. The van der Waals surface area contributed by atoms with Gasteiger partial charge in [0.15, 0.2) is 0 Å². The maximum atomic E-state index is 12.5. The molecular formula is C32H44BrClN2O3. The first-order valence-corrected chi connectivity index (χ1v) is 15.8. The maximum Gasteiger partial charge on any atom is 0.345 e. The third-order valence-electron chi connectivity index (χ3n) is 6.67. The van der Waals surface area contributed by atoms with E-state index in [4.69, 9.17) is 16.3 Å². The van der Waals surface area contributed by atoms with Crippen molar-refractivity contribution >= 4 is 45.6 Å². The van der Waals surface area contributed by atoms with Crippen LogP contribution in [0.15, 0.2) is 52.0 Å². The molecule has 39 heavy (non-hydrogen) atoms. The molecule has 0 unspecified atom stereocenters. The number of nitrogens with one attached hydrogen (secondary N) is 1. The van der Waals surface area contributed by atoms with Gasteiger partial charge in [-0.05, 0) is 36.8 Å². The van der Waals surface area contributed by atoms with E-state index in [9.17, 15) is 9.59 Å². The number of hydrogen-bond donors (Lipinski definition) is 1. The van der Waals surface area contributed by atoms with Gasteiger partial charge < -0.3 is 4.74 Å². The number of halogens is 2. The van der Waals surface area contributed by atoms with Gasteiger partial charge in [0.05, 0.1) is 16.8 Å². The summed E-state index contributed by atoms with van der Waals surface area (Å²) in [5.41, 5.74) is 3.41. The standard InChI is InChI=1S/C32H44BrClN2O3/c1-2-3-4-5-6-7-8-9-10-11-12-13-14-15-16-21-31(37)36-35-25-26-24-27(33)22-23-30(26)39-32(38)28-19-17-18-20-29(28)34/h17-20,22-25H,2-16,21H2,1H3,(H,36,37)/b35-25-. The summed E-state index contributed by atoms with van der Waals surface area (Å²) in [6.07, 6.45) is 21.3. The molecule has 0 saturated carbocycles. The largest absolute Gasteiger partial charge is 0.422 e. The second-order valence-electron chi connectivity index (χ2n) is 10.0. The van der Waals surface area contributed by atoms with Crippen LogP contribution in [0.3, 0.4) is 0 Å². The Bertz CT molecular complexity index is 1030. The minimum atomic E-state index is -0.560. The van der Waals surface area contributed by atoms with E-state index in [1.807, 2.05) is 0 Å². The van der Waals surface area contributed by atoms with E-state index in [1.165, 1.54) is 89.7 Å². The van der Waals surface area contributed by atoms with Gasteiger partial charge >= 0.3 is 5.97 Å². The normalized spacial score (nSPS) is 11.2. The van der Waals surface area contributed by atoms with Crippen LogP contribution in [0.25, 0.3) is 0 Å². The zero-order valence-electron chi connectivity index (χ0n) is 23.4. The van der Waals surface area contributed by atoms with Crippen molar-refractivity contribution in [2.24, 2.45) is 5.10 Å². The number of hydrogen-bond acceptors (Lipinski definition) is 4. The average Bonchev–Trinajstić information content (AvgIpc) is 2.92. The number of hydrazone groups is 1. The molecule has 0 aliphatic rings. The summed E-state index contributed by atoms with van der Waals surface area (Å²) in [6, 6.07) is 11.9. The number of carbonyl (C=O) groups excluding carboxylic acids is 2. The van der Waals surface area contributed by atoms with Crippen molar-refractivity contribution in [2.45, 2.75) is 110 Å². The first-order chi connectivity index (χ1) is 19.0. The number of rotatable bonds is 20. The van der Waals surface area contributed by atoms with Crippen LogP contribution in [0.5, 0.6) is 5.75 Å². The van der Waals surface area contributed by atoms with Crippen LogP contribution >= 0.6 is 27.5 Å². The first-order valence-electron chi connectivity index (χ1n) is 14.6. The molecule has 0 bridgehead atoms. The minimum Gasteiger partial charge on any atom is -0.422 e. The summed E-state index contributed by atoms with van der Waals surface area (Å²) in [6.45, 7) is 2.27. The van der Waals surface area contributed by atoms with Crippen molar-refractivity contribution in [1.29, 1.82) is 0 Å². The van der Waals surface area contributed by atoms with Gasteiger partial charge in [-0.15, -0.1) is 0 Å². The summed E-state index contributed by atoms with van der Waals surface area (Å²) < 4.78 is 6.33. The lowest BCUT2D eigenvalue weighted by Crippen LogP contribution is -2.17. The Hall–Kier alpha value is -2.18. The molecule has 2 rings (SSSR count). The Balaban J connectivity index is 1.58. The Morgan fingerprint density at radius 2 is 1.41 bits per heavy atom. The van der Waals surface area contributed by atoms with Gasteiger partial charge in [0.25, 0.3) is 0 Å². The third kappa shape index (κ3) is 14.7. The third-order valence-corrected chi connectivity index (χ3v) is 7.49. The number of amides is 1. The molecule has 0 fully saturated rings. The second-order valence-corrected chi connectivity index (χ2v) is 11.4. The number of ether oxygens (including phenoxy) is 1. The number of esters is 1. The molecule has 0 radical (unpaired) electrons. The molecule has 5 nitrogen and oxygen atoms in total. The highest BCUT2D eigenvalue weighted by Crippen LogP contribution is 2.24. The predicted molar refractivity (Wildman–Crippen MR) is 166 cm³/mol. The van der Waals surface area contributed by atoms with E-state index >= 15 is 0 Å². The first kappa shape index (κ1) is 33.0. The van der Waals surface area contributed by atoms with E-state index in [2.05, 4.69) is 33.4 Å². The van der Waals surface area contributed by atoms with Gasteiger partial charge in [-0.25, -0.2) is 10.2 Å². The van der Waals surface area contributed by atoms with Gasteiger partial charge in [-0.3, -0.25) is 4.79 Å². The average molecular weight is 620 g/mol. The molecule has 0 spiro atoms. The minimum absolute atomic E-state index is 0.120. The molecule has 1 N–H and O–H groups in total. The van der Waals surface area contributed by atoms with Gasteiger partial charge in [0.2, 0.25) is 5.91 Å². The summed E-state index contributed by atoms with van der Waals surface area (Å²) in [4.78, 5) is 24.7. The van der Waals surface area contributed by atoms with Crippen molar-refractivity contribution < 1.29 is 14.3 Å². The molecule has 0 saturated heterocycles. The van der Waals surface area contributed by atoms with Gasteiger partial charge in [0, 0.05) is 16.5 Å². The molecular weight excluding hydrogens is 576 g/mol. The Morgan fingerprint density at radius 3 is 2.00 bits per heavy atom. The van der Waals surface area contributed by atoms with Crippen LogP contribution in [0.2, 0.25) is 5.02 Å². The maximum absolute atomic E-state index is 12.5. The molecule has 7 heteroatoms. The summed E-state index contributed by atoms with van der Waals surface area (Å²) >= 11 is 9.52. The van der Waals surface area contributed by atoms with Crippen LogP contribution in [-0.2, 0) is 4.79 Å². The summed E-state index contributed by atoms with van der Waals surface area (Å²) in [5, 5.41) is 4.39. The highest BCUT2D eigenvalue weighted by molar-refractivity contribution is 9.10. The number of nitrogens with zero attached hydrogens (tertiary/aromatic N) is 1. The van der Waals surface area contributed by atoms with Crippen LogP contribution in [0, 0.1) is 0 Å². The number of unbranched alkanes of at least 4 members (excludes halogenated alkanes) is 14. The van der Waals surface area contributed by atoms with Crippen molar-refractivity contribution in [3.05, 3.63) is 63.1 Å². The lowest BCUT2D eigenvalue weighted by molar-refractivity contribution is -0.121. The molecule has 214 valence electrons. The van der Waals surface area contributed by atoms with Gasteiger partial charge in [0.1, 0.15) is 5.75 Å². The molecule has 0 heterocycles. The molecule has 0 aromatic heterocycles. The fourth-order valence-corrected chi connectivity index (χ4v) is 4.97. The fourth-order valence-electron chi connectivity index (χ4n) is 4.38. The second kappa shape index (κ2) is 20.7. The highest BCUT2D eigenvalue weighted by Gasteiger charge is 2.14. The van der Waals surface area contributed by atoms with E-state index in [1.54, 1.807) is 42.5 Å². The van der Waals surface area contributed by atoms with Crippen LogP contribution in [0.4, 0.5) is 0 Å². The van der Waals surface area contributed by atoms with E-state index in [0.29, 0.717) is 22.8 Å². The predicted octanol–water partition coefficient (Wildman–Crippen LogP) is 10.0. The van der Waals surface area contributed by atoms with E-state index in [-0.39, 0.29) is 11.5 Å². The zero-order chi connectivity index (χ0) is 28.1. The molecule has 2 aromatic rings. The zero-order valence-corrected chi connectivity index (χ0v) is 25.7. The summed E-state index contributed by atoms with van der Waals surface area (Å²) in [7, 11) is 0. The van der Waals surface area contributed by atoms with E-state index in [0.717, 1.165) is 17.3 Å². The van der Waals surface area contributed by atoms with E-state index < -0.39 is 5.97 Å². The lowest BCUT2D eigenvalue weighted by Gasteiger charge is -2.09. The number of carbonyl (C=O) groups is 2. The number of benzene rings is 2. The quantitative estimate of drug-likeness (QED) is 0.0527. The SMILES string of the molecule is CCCCCCCCCCCCCCCCCC(=O)N/N=C\c1cc(Br)ccc1OC(=O)c1ccccc1Cl. The topological polar surface area (TPSA) is 67.8 Å². The molecule has 2 aromatic carbocycles. The van der Waals surface area contributed by atoms with Crippen molar-refractivity contribution in [2.75, 3.05) is 0 Å². The Morgan fingerprint density at radius 1 is 0.846 bits per heavy atom. The molecule has 1 amide bonds. The van der Waals surface area contributed by atoms with Crippen molar-refractivity contribution in [3.63, 3.8) is 0 Å².